The predicted octanol–water partition coefficient (Wildman–Crippen LogP) is 27.3. The number of fused-ring (bicyclic) bond motifs is 1. The van der Waals surface area contributed by atoms with Gasteiger partial charge in [-0.05, 0) is 283 Å². The van der Waals surface area contributed by atoms with Gasteiger partial charge >= 0.3 is 0 Å². The van der Waals surface area contributed by atoms with Gasteiger partial charge in [0.15, 0.2) is 0 Å². The maximum Gasteiger partial charge on any atom is 0.0998 e. The van der Waals surface area contributed by atoms with Crippen LogP contribution in [0.25, 0.3) is 230 Å². The molecule has 0 aliphatic rings. The Labute approximate surface area is 642 Å². The van der Waals surface area contributed by atoms with Gasteiger partial charge in [-0.3, -0.25) is 15.0 Å². The maximum atomic E-state index is 10.1. The minimum absolute atomic E-state index is 0.697. The summed E-state index contributed by atoms with van der Waals surface area (Å²) in [5.74, 6) is 0. The highest BCUT2D eigenvalue weighted by Gasteiger charge is 2.25. The Morgan fingerprint density at radius 1 is 0.214 bits per heavy atom. The molecule has 24 aromatic rings. The van der Waals surface area contributed by atoms with Gasteiger partial charge in [-0.1, -0.05) is 182 Å². The van der Waals surface area contributed by atoms with Crippen LogP contribution in [0.1, 0.15) is 11.1 Å². The number of nitriles is 2. The van der Waals surface area contributed by atoms with Gasteiger partial charge in [-0.15, -0.1) is 0 Å². The summed E-state index contributed by atoms with van der Waals surface area (Å²) in [4.78, 5) is 14.1. The van der Waals surface area contributed by atoms with Gasteiger partial charge in [-0.25, -0.2) is 0 Å². The van der Waals surface area contributed by atoms with Crippen molar-refractivity contribution in [2.24, 2.45) is 0 Å². The molecule has 0 saturated carbocycles. The molecule has 514 valence electrons. The van der Waals surface area contributed by atoms with Crippen molar-refractivity contribution in [3.05, 3.63) is 369 Å². The quantitative estimate of drug-likeness (QED) is 0.134. The average molecular weight is 1420 g/mol. The highest BCUT2D eigenvalue weighted by molar-refractivity contribution is 6.31. The molecule has 5 heterocycles. The lowest BCUT2D eigenvalue weighted by Gasteiger charge is -2.16. The summed E-state index contributed by atoms with van der Waals surface area (Å²) in [6.07, 6.45) is 5.56. The van der Waals surface area contributed by atoms with Crippen LogP contribution in [0.2, 0.25) is 0 Å². The highest BCUT2D eigenvalue weighted by atomic mass is 15.0. The van der Waals surface area contributed by atoms with E-state index in [1.165, 1.54) is 125 Å². The number of para-hydroxylation sites is 3. The number of hydrogen-bond acceptors (Lipinski definition) is 5. The second-order valence-corrected chi connectivity index (χ2v) is 29.6. The summed E-state index contributed by atoms with van der Waals surface area (Å²) < 4.78 is 4.67. The largest absolute Gasteiger partial charge is 0.309 e. The van der Waals surface area contributed by atoms with Crippen LogP contribution in [0, 0.1) is 22.7 Å². The number of pyridine rings is 3. The zero-order valence-corrected chi connectivity index (χ0v) is 60.2. The van der Waals surface area contributed by atoms with E-state index in [1.54, 1.807) is 0 Å². The summed E-state index contributed by atoms with van der Waals surface area (Å²) in [6.45, 7) is 0. The fourth-order valence-corrected chi connectivity index (χ4v) is 18.6. The van der Waals surface area contributed by atoms with E-state index < -0.39 is 0 Å². The second-order valence-electron chi connectivity index (χ2n) is 29.6. The standard InChI is InChI=1S/C53H30N4.C52H29N3/c54-31-36-16-20-48-52-44(36)17-18-45-43(19-21-49(53(45)52)57(48)42-8-2-1-3-9-42)39-26-34-14-12-32-24-37(25-33-13-15-35(27-39)51(34)50(32)33)38-28-40(46-10-4-6-22-55-46)30-41(29-38)47-11-5-7-23-56-47;53-30-38-19-23-46-50-43(38)20-21-45-42(22-24-47(51(45)50)55(46)41-8-2-1-3-9-41)40-28-36-17-15-34-26-39(27-35-16-18-37(29-40)49(36)48(34)35)31-11-13-32(14-12-31)44-10-4-6-33-7-5-25-54-52(33)44/h1-30H;1-29H. The van der Waals surface area contributed by atoms with E-state index in [4.69, 9.17) is 0 Å². The summed E-state index contributed by atoms with van der Waals surface area (Å²) >= 11 is 0. The Kier molecular flexibility index (Phi) is 13.8. The lowest BCUT2D eigenvalue weighted by Crippen LogP contribution is -1.93. The first kappa shape index (κ1) is 62.8. The number of benzene rings is 19. The molecular formula is C105H59N7. The van der Waals surface area contributed by atoms with E-state index >= 15 is 0 Å². The molecule has 0 bridgehead atoms. The lowest BCUT2D eigenvalue weighted by molar-refractivity contribution is 1.18. The van der Waals surface area contributed by atoms with Crippen LogP contribution in [0.3, 0.4) is 0 Å². The molecule has 0 saturated heterocycles. The van der Waals surface area contributed by atoms with E-state index in [2.05, 4.69) is 327 Å². The molecule has 0 radical (unpaired) electrons. The van der Waals surface area contributed by atoms with Crippen molar-refractivity contribution in [1.82, 2.24) is 24.1 Å². The number of rotatable bonds is 9. The summed E-state index contributed by atoms with van der Waals surface area (Å²) in [6, 6.07) is 127. The van der Waals surface area contributed by atoms with Gasteiger partial charge in [0.2, 0.25) is 0 Å². The minimum Gasteiger partial charge on any atom is -0.309 e. The van der Waals surface area contributed by atoms with E-state index in [1.807, 2.05) is 67.1 Å². The average Bonchev–Trinajstić information content (AvgIpc) is 1.75. The zero-order chi connectivity index (χ0) is 73.8. The molecule has 0 atom stereocenters. The Morgan fingerprint density at radius 2 is 0.571 bits per heavy atom. The third-order valence-corrected chi connectivity index (χ3v) is 23.5. The Bertz CT molecular complexity index is 7850. The fourth-order valence-electron chi connectivity index (χ4n) is 18.6. The van der Waals surface area contributed by atoms with Gasteiger partial charge < -0.3 is 9.13 Å². The Morgan fingerprint density at radius 3 is 1.00 bits per heavy atom. The number of hydrogen-bond donors (Lipinski definition) is 0. The molecule has 0 N–H and O–H groups in total. The first-order valence-electron chi connectivity index (χ1n) is 37.9. The first-order chi connectivity index (χ1) is 55.4. The van der Waals surface area contributed by atoms with Gasteiger partial charge in [0.1, 0.15) is 0 Å². The van der Waals surface area contributed by atoms with Crippen molar-refractivity contribution in [3.63, 3.8) is 0 Å². The first-order valence-corrected chi connectivity index (χ1v) is 37.9. The molecule has 0 amide bonds. The van der Waals surface area contributed by atoms with Crippen molar-refractivity contribution >= 4 is 141 Å². The Balaban J connectivity index is 0.000000134. The van der Waals surface area contributed by atoms with Gasteiger partial charge in [0.05, 0.1) is 62.2 Å². The molecule has 7 heteroatoms. The topological polar surface area (TPSA) is 96.1 Å². The van der Waals surface area contributed by atoms with Crippen LogP contribution in [-0.2, 0) is 0 Å². The van der Waals surface area contributed by atoms with Crippen LogP contribution in [0.4, 0.5) is 0 Å². The van der Waals surface area contributed by atoms with Crippen LogP contribution >= 0.6 is 0 Å². The molecule has 0 aliphatic carbocycles. The van der Waals surface area contributed by atoms with Gasteiger partial charge in [0.25, 0.3) is 0 Å². The predicted molar refractivity (Wildman–Crippen MR) is 465 cm³/mol. The summed E-state index contributed by atoms with van der Waals surface area (Å²) in [5.41, 5.74) is 24.9. The summed E-state index contributed by atoms with van der Waals surface area (Å²) in [5, 5.41) is 45.3. The van der Waals surface area contributed by atoms with Crippen molar-refractivity contribution in [2.45, 2.75) is 0 Å². The molecule has 5 aromatic heterocycles. The van der Waals surface area contributed by atoms with E-state index in [-0.39, 0.29) is 0 Å². The third-order valence-electron chi connectivity index (χ3n) is 23.5. The number of nitrogens with zero attached hydrogens (tertiary/aromatic N) is 7. The second kappa shape index (κ2) is 24.6. The van der Waals surface area contributed by atoms with Crippen LogP contribution in [-0.4, -0.2) is 24.1 Å². The van der Waals surface area contributed by atoms with E-state index in [9.17, 15) is 10.5 Å². The SMILES string of the molecule is N#Cc1ccc2c3c1ccc1c(-c4cc5ccc6cc(-c7cc(-c8ccccn8)cc(-c8ccccn8)c7)cc7ccc(c4)c5c67)ccc(c13)n2-c1ccccc1.N#Cc1ccc2c3c1ccc1c(-c4cc5ccc6cc(-c7ccc(-c8cccc9cccnc89)cc7)cc7ccc(c4)c5c67)ccc(c13)n2-c1ccccc1. The molecule has 112 heavy (non-hydrogen) atoms. The zero-order valence-electron chi connectivity index (χ0n) is 60.2. The summed E-state index contributed by atoms with van der Waals surface area (Å²) in [7, 11) is 0. The van der Waals surface area contributed by atoms with Gasteiger partial charge in [0, 0.05) is 84.4 Å². The van der Waals surface area contributed by atoms with Crippen LogP contribution < -0.4 is 0 Å². The number of aromatic nitrogens is 5. The molecule has 0 unspecified atom stereocenters. The Hall–Kier alpha value is -15.4. The van der Waals surface area contributed by atoms with E-state index in [0.29, 0.717) is 11.1 Å². The third kappa shape index (κ3) is 9.61. The molecule has 0 spiro atoms. The van der Waals surface area contributed by atoms with Crippen molar-refractivity contribution in [1.29, 1.82) is 10.5 Å². The minimum atomic E-state index is 0.697. The van der Waals surface area contributed by atoms with E-state index in [0.717, 1.165) is 105 Å². The molecule has 0 aliphatic heterocycles. The molecule has 24 rings (SSSR count). The van der Waals surface area contributed by atoms with Crippen molar-refractivity contribution in [3.8, 4) is 102 Å². The maximum absolute atomic E-state index is 10.1. The van der Waals surface area contributed by atoms with Crippen molar-refractivity contribution < 1.29 is 0 Å². The molecule has 19 aromatic carbocycles. The highest BCUT2D eigenvalue weighted by Crippen LogP contribution is 2.49. The molecular weight excluding hydrogens is 1360 g/mol. The van der Waals surface area contributed by atoms with Crippen LogP contribution in [0.15, 0.2) is 358 Å². The normalized spacial score (nSPS) is 11.9. The van der Waals surface area contributed by atoms with Crippen LogP contribution in [0.5, 0.6) is 0 Å². The lowest BCUT2D eigenvalue weighted by atomic mass is 9.87. The smallest absolute Gasteiger partial charge is 0.0998 e. The van der Waals surface area contributed by atoms with Crippen molar-refractivity contribution in [2.75, 3.05) is 0 Å². The monoisotopic (exact) mass is 1420 g/mol. The van der Waals surface area contributed by atoms with Gasteiger partial charge in [-0.2, -0.15) is 10.5 Å². The fraction of sp³-hybridized carbons (Fsp3) is 0. The molecule has 7 nitrogen and oxygen atoms in total. The molecule has 0 fully saturated rings.